The fourth-order valence-electron chi connectivity index (χ4n) is 15.1. The number of aromatic nitrogens is 3. The summed E-state index contributed by atoms with van der Waals surface area (Å²) in [7, 11) is 0. The highest BCUT2D eigenvalue weighted by atomic mass is 15.1. The standard InChI is InChI=1S/C91H58N4/c92-59-80-89(93-81-47-41-68(60-25-9-1-10-26-60)53-74(81)75-54-69(42-48-82(75)93)61-27-11-2-12-28-61)87(66-37-21-7-22-38-66)91(95-85-51-45-72(64-33-17-5-18-34-64)57-78(85)79-58-73(46-52-86(79)95)65-35-19-6-20-36-65)88(67-39-23-8-24-40-67)90(80)94-83-49-43-70(62-29-13-3-14-30-62)55-76(83)77-56-71(44-50-84(77)94)63-31-15-4-16-32-63/h1-23,25-39,41-45,47-51,53-58H,46,52H2. The van der Waals surface area contributed by atoms with E-state index in [1.54, 1.807) is 0 Å². The Morgan fingerprint density at radius 3 is 1.01 bits per heavy atom. The van der Waals surface area contributed by atoms with Gasteiger partial charge in [-0.3, -0.25) is 0 Å². The van der Waals surface area contributed by atoms with E-state index in [0.717, 1.165) is 162 Å². The summed E-state index contributed by atoms with van der Waals surface area (Å²) >= 11 is 0. The maximum atomic E-state index is 13.2. The predicted octanol–water partition coefficient (Wildman–Crippen LogP) is 23.5. The van der Waals surface area contributed by atoms with Crippen LogP contribution in [0, 0.1) is 23.5 Å². The quantitative estimate of drug-likeness (QED) is 0.127. The molecular weight excluding hydrogens is 1150 g/mol. The predicted molar refractivity (Wildman–Crippen MR) is 395 cm³/mol. The molecule has 18 rings (SSSR count). The van der Waals surface area contributed by atoms with Gasteiger partial charge >= 0.3 is 0 Å². The summed E-state index contributed by atoms with van der Waals surface area (Å²) in [5.74, 6) is 0. The summed E-state index contributed by atoms with van der Waals surface area (Å²) in [5.41, 5.74) is 27.6. The molecule has 0 radical (unpaired) electrons. The molecule has 0 aliphatic heterocycles. The first-order valence-corrected chi connectivity index (χ1v) is 32.6. The topological polar surface area (TPSA) is 38.6 Å². The smallest absolute Gasteiger partial charge is 0.104 e. The zero-order chi connectivity index (χ0) is 62.9. The second-order valence-corrected chi connectivity index (χ2v) is 24.7. The molecule has 0 fully saturated rings. The number of allylic oxidation sites excluding steroid dienone is 1. The van der Waals surface area contributed by atoms with Gasteiger partial charge in [-0.1, -0.05) is 261 Å². The van der Waals surface area contributed by atoms with Gasteiger partial charge in [-0.25, -0.2) is 0 Å². The van der Waals surface area contributed by atoms with Gasteiger partial charge in [0.2, 0.25) is 0 Å². The van der Waals surface area contributed by atoms with Crippen LogP contribution < -0.4 is 0 Å². The van der Waals surface area contributed by atoms with E-state index in [0.29, 0.717) is 5.56 Å². The third kappa shape index (κ3) is 9.23. The van der Waals surface area contributed by atoms with Gasteiger partial charge < -0.3 is 13.7 Å². The van der Waals surface area contributed by atoms with Crippen molar-refractivity contribution in [2.75, 3.05) is 0 Å². The van der Waals surface area contributed by atoms with E-state index in [-0.39, 0.29) is 0 Å². The van der Waals surface area contributed by atoms with Crippen LogP contribution in [0.5, 0.6) is 0 Å². The summed E-state index contributed by atoms with van der Waals surface area (Å²) < 4.78 is 7.44. The number of benzene rings is 13. The first-order valence-electron chi connectivity index (χ1n) is 32.6. The number of hydrogen-bond acceptors (Lipinski definition) is 1. The summed E-state index contributed by atoms with van der Waals surface area (Å²) in [6.07, 6.45) is 4.02. The van der Waals surface area contributed by atoms with Gasteiger partial charge in [0.25, 0.3) is 0 Å². The van der Waals surface area contributed by atoms with Gasteiger partial charge in [-0.05, 0) is 164 Å². The lowest BCUT2D eigenvalue weighted by molar-refractivity contribution is 0.897. The summed E-state index contributed by atoms with van der Waals surface area (Å²) in [5, 5.41) is 18.6. The number of fused-ring (bicyclic) bond motifs is 9. The van der Waals surface area contributed by atoms with Crippen LogP contribution in [0.4, 0.5) is 0 Å². The average Bonchev–Trinajstić information content (AvgIpc) is 1.58. The maximum Gasteiger partial charge on any atom is 0.104 e. The van der Waals surface area contributed by atoms with Gasteiger partial charge in [-0.15, -0.1) is 0 Å². The zero-order valence-electron chi connectivity index (χ0n) is 51.9. The van der Waals surface area contributed by atoms with Crippen molar-refractivity contribution < 1.29 is 0 Å². The average molecular weight is 1210 g/mol. The number of nitrogens with zero attached hydrogens (tertiary/aromatic N) is 4. The third-order valence-electron chi connectivity index (χ3n) is 19.5. The molecule has 4 nitrogen and oxygen atoms in total. The molecule has 1 aliphatic rings. The second kappa shape index (κ2) is 22.9. The first-order chi connectivity index (χ1) is 47.1. The molecule has 0 N–H and O–H groups in total. The molecule has 0 spiro atoms. The fraction of sp³-hybridized carbons (Fsp3) is 0.0220. The lowest BCUT2D eigenvalue weighted by Gasteiger charge is -2.29. The van der Waals surface area contributed by atoms with Crippen molar-refractivity contribution in [1.82, 2.24) is 13.7 Å². The molecule has 0 saturated heterocycles. The van der Waals surface area contributed by atoms with Gasteiger partial charge in [0, 0.05) is 54.9 Å². The van der Waals surface area contributed by atoms with Crippen LogP contribution in [-0.4, -0.2) is 13.7 Å². The summed E-state index contributed by atoms with van der Waals surface area (Å²) in [6, 6.07) is 126. The fourth-order valence-corrected chi connectivity index (χ4v) is 15.1. The van der Waals surface area contributed by atoms with Crippen molar-refractivity contribution in [1.29, 1.82) is 5.26 Å². The van der Waals surface area contributed by atoms with Crippen LogP contribution in [0.15, 0.2) is 322 Å². The molecular formula is C91H58N4. The molecule has 4 heteroatoms. The van der Waals surface area contributed by atoms with Gasteiger partial charge in [0.15, 0.2) is 0 Å². The lowest BCUT2D eigenvalue weighted by Crippen LogP contribution is -2.15. The Balaban J connectivity index is 1.07. The van der Waals surface area contributed by atoms with Crippen molar-refractivity contribution >= 4 is 66.2 Å². The minimum Gasteiger partial charge on any atom is -0.312 e. The third-order valence-corrected chi connectivity index (χ3v) is 19.5. The maximum absolute atomic E-state index is 13.2. The highest BCUT2D eigenvalue weighted by molar-refractivity contribution is 6.16. The van der Waals surface area contributed by atoms with E-state index in [1.165, 1.54) is 22.4 Å². The van der Waals surface area contributed by atoms with E-state index in [1.807, 2.05) is 6.07 Å². The molecule has 17 aromatic rings. The van der Waals surface area contributed by atoms with E-state index in [9.17, 15) is 5.26 Å². The van der Waals surface area contributed by atoms with Gasteiger partial charge in [-0.2, -0.15) is 5.26 Å². The van der Waals surface area contributed by atoms with Crippen molar-refractivity contribution in [2.45, 2.75) is 12.8 Å². The highest BCUT2D eigenvalue weighted by Crippen LogP contribution is 2.53. The summed E-state index contributed by atoms with van der Waals surface area (Å²) in [6.45, 7) is 0. The Bertz CT molecular complexity index is 5440. The molecule has 0 bridgehead atoms. The molecule has 0 unspecified atom stereocenters. The van der Waals surface area contributed by atoms with Crippen molar-refractivity contribution in [3.05, 3.63) is 356 Å². The SMILES string of the molecule is N#Cc1c(-n2c3ccc(-c4ccccc4)cc3c3cc(-c4ccccc4)ccc32)c(-c2c#cccc2)c(-n2c3c(c4cc(-c5ccccc5)ccc42)C=C(c2ccccc2)CC3)c(-c2ccccc2)c1-n1c2ccc(-c3ccccc3)cc2c2cc(-c3ccccc3)ccc21. The Morgan fingerprint density at radius 2 is 0.642 bits per heavy atom. The number of hydrogen-bond donors (Lipinski definition) is 0. The molecule has 0 saturated carbocycles. The van der Waals surface area contributed by atoms with Crippen LogP contribution in [-0.2, 0) is 6.42 Å². The molecule has 14 aromatic carbocycles. The second-order valence-electron chi connectivity index (χ2n) is 24.7. The lowest BCUT2D eigenvalue weighted by atomic mass is 9.88. The Hall–Kier alpha value is -12.7. The first kappa shape index (κ1) is 55.1. The van der Waals surface area contributed by atoms with E-state index in [4.69, 9.17) is 0 Å². The summed E-state index contributed by atoms with van der Waals surface area (Å²) in [4.78, 5) is 0. The normalized spacial score (nSPS) is 12.1. The van der Waals surface area contributed by atoms with Crippen molar-refractivity contribution in [3.8, 4) is 101 Å². The molecule has 0 amide bonds. The zero-order valence-corrected chi connectivity index (χ0v) is 51.9. The van der Waals surface area contributed by atoms with Crippen LogP contribution >= 0.6 is 0 Å². The van der Waals surface area contributed by atoms with E-state index >= 15 is 0 Å². The number of rotatable bonds is 11. The Kier molecular flexibility index (Phi) is 13.3. The van der Waals surface area contributed by atoms with Gasteiger partial charge in [0.05, 0.1) is 44.6 Å². The molecule has 95 heavy (non-hydrogen) atoms. The molecule has 3 aromatic heterocycles. The van der Waals surface area contributed by atoms with Crippen molar-refractivity contribution in [2.24, 2.45) is 0 Å². The largest absolute Gasteiger partial charge is 0.312 e. The molecule has 442 valence electrons. The van der Waals surface area contributed by atoms with Crippen LogP contribution in [0.2, 0.25) is 0 Å². The minimum absolute atomic E-state index is 0.513. The highest BCUT2D eigenvalue weighted by Gasteiger charge is 2.35. The molecule has 1 aliphatic carbocycles. The minimum atomic E-state index is 0.513. The van der Waals surface area contributed by atoms with Crippen LogP contribution in [0.3, 0.4) is 0 Å². The van der Waals surface area contributed by atoms with E-state index in [2.05, 4.69) is 353 Å². The van der Waals surface area contributed by atoms with Crippen molar-refractivity contribution in [3.63, 3.8) is 0 Å². The number of nitriles is 1. The monoisotopic (exact) mass is 1210 g/mol. The Morgan fingerprint density at radius 1 is 0.295 bits per heavy atom. The molecule has 0 atom stereocenters. The van der Waals surface area contributed by atoms with Gasteiger partial charge in [0.1, 0.15) is 11.6 Å². The van der Waals surface area contributed by atoms with Crippen LogP contribution in [0.1, 0.15) is 28.8 Å². The Labute approximate surface area is 551 Å². The molecule has 3 heterocycles. The van der Waals surface area contributed by atoms with E-state index < -0.39 is 0 Å². The van der Waals surface area contributed by atoms with Crippen LogP contribution in [0.25, 0.3) is 161 Å².